The van der Waals surface area contributed by atoms with Gasteiger partial charge in [0, 0.05) is 16.9 Å². The number of hydrogen-bond acceptors (Lipinski definition) is 3. The summed E-state index contributed by atoms with van der Waals surface area (Å²) in [5.74, 6) is -0.0710. The topological polar surface area (TPSA) is 62.2 Å². The number of nitrogens with one attached hydrogen (secondary N) is 1. The molecule has 0 aliphatic heterocycles. The fourth-order valence-corrected chi connectivity index (χ4v) is 1.95. The minimum Gasteiger partial charge on any atom is -0.508 e. The zero-order valence-electron chi connectivity index (χ0n) is 10.6. The molecule has 2 N–H and O–H groups in total. The second-order valence-electron chi connectivity index (χ2n) is 4.28. The van der Waals surface area contributed by atoms with E-state index in [2.05, 4.69) is 10.3 Å². The number of halogens is 1. The summed E-state index contributed by atoms with van der Waals surface area (Å²) < 4.78 is 0. The Morgan fingerprint density at radius 2 is 2.00 bits per heavy atom. The molecule has 1 aromatic heterocycles. The van der Waals surface area contributed by atoms with E-state index in [1.54, 1.807) is 32.0 Å². The Bertz CT molecular complexity index is 621. The molecule has 2 aromatic rings. The Kier molecular flexibility index (Phi) is 3.71. The van der Waals surface area contributed by atoms with Crippen LogP contribution in [0.15, 0.2) is 30.3 Å². The molecule has 19 heavy (non-hydrogen) atoms. The second kappa shape index (κ2) is 5.28. The normalized spacial score (nSPS) is 10.3. The number of anilines is 1. The third-order valence-electron chi connectivity index (χ3n) is 2.64. The lowest BCUT2D eigenvalue weighted by molar-refractivity contribution is 0.102. The van der Waals surface area contributed by atoms with Gasteiger partial charge in [0.05, 0.1) is 0 Å². The highest BCUT2D eigenvalue weighted by atomic mass is 35.5. The maximum absolute atomic E-state index is 12.1. The van der Waals surface area contributed by atoms with E-state index >= 15 is 0 Å². The number of aromatic nitrogens is 1. The number of aromatic hydroxyl groups is 1. The molecule has 1 heterocycles. The van der Waals surface area contributed by atoms with E-state index < -0.39 is 0 Å². The van der Waals surface area contributed by atoms with E-state index in [0.717, 1.165) is 0 Å². The quantitative estimate of drug-likeness (QED) is 0.653. The third kappa shape index (κ3) is 3.23. The number of carbonyl (C=O) groups excluding carboxylic acids is 1. The van der Waals surface area contributed by atoms with Crippen LogP contribution in [0.25, 0.3) is 0 Å². The molecule has 0 unspecified atom stereocenters. The summed E-state index contributed by atoms with van der Waals surface area (Å²) in [6.45, 7) is 3.53. The van der Waals surface area contributed by atoms with Crippen molar-refractivity contribution in [3.63, 3.8) is 0 Å². The number of carbonyl (C=O) groups is 1. The number of pyridine rings is 1. The predicted octanol–water partition coefficient (Wildman–Crippen LogP) is 3.31. The summed E-state index contributed by atoms with van der Waals surface area (Å²) in [7, 11) is 0. The zero-order valence-corrected chi connectivity index (χ0v) is 11.3. The molecule has 0 aliphatic carbocycles. The summed E-state index contributed by atoms with van der Waals surface area (Å²) in [4.78, 5) is 16.1. The summed E-state index contributed by atoms with van der Waals surface area (Å²) in [6.07, 6.45) is 0. The lowest BCUT2D eigenvalue weighted by Crippen LogP contribution is -2.12. The van der Waals surface area contributed by atoms with Gasteiger partial charge in [-0.25, -0.2) is 4.98 Å². The molecule has 0 radical (unpaired) electrons. The fraction of sp³-hybridized carbons (Fsp3) is 0.143. The molecular weight excluding hydrogens is 264 g/mol. The van der Waals surface area contributed by atoms with Crippen molar-refractivity contribution in [3.05, 3.63) is 52.3 Å². The van der Waals surface area contributed by atoms with Crippen molar-refractivity contribution in [2.24, 2.45) is 0 Å². The SMILES string of the molecule is Cc1cc(C(=O)Nc2ccc(O)c(C)c2)cc(Cl)n1. The predicted molar refractivity (Wildman–Crippen MR) is 74.8 cm³/mol. The first-order valence-corrected chi connectivity index (χ1v) is 6.08. The van der Waals surface area contributed by atoms with E-state index in [0.29, 0.717) is 22.5 Å². The van der Waals surface area contributed by atoms with Crippen molar-refractivity contribution in [2.75, 3.05) is 5.32 Å². The van der Waals surface area contributed by atoms with Crippen molar-refractivity contribution in [2.45, 2.75) is 13.8 Å². The van der Waals surface area contributed by atoms with E-state index in [1.165, 1.54) is 12.1 Å². The molecule has 0 atom stereocenters. The molecule has 0 saturated heterocycles. The Morgan fingerprint density at radius 1 is 1.26 bits per heavy atom. The summed E-state index contributed by atoms with van der Waals surface area (Å²) in [5, 5.41) is 12.5. The number of hydrogen-bond donors (Lipinski definition) is 2. The molecule has 2 rings (SSSR count). The third-order valence-corrected chi connectivity index (χ3v) is 2.83. The van der Waals surface area contributed by atoms with Crippen LogP contribution in [0.2, 0.25) is 5.15 Å². The Balaban J connectivity index is 2.22. The van der Waals surface area contributed by atoms with Gasteiger partial charge in [-0.15, -0.1) is 0 Å². The monoisotopic (exact) mass is 276 g/mol. The molecule has 1 aromatic carbocycles. The molecule has 4 nitrogen and oxygen atoms in total. The highest BCUT2D eigenvalue weighted by Crippen LogP contribution is 2.21. The molecule has 0 saturated carbocycles. The van der Waals surface area contributed by atoms with Gasteiger partial charge < -0.3 is 10.4 Å². The van der Waals surface area contributed by atoms with E-state index in [4.69, 9.17) is 11.6 Å². The van der Waals surface area contributed by atoms with Crippen LogP contribution >= 0.6 is 11.6 Å². The Hall–Kier alpha value is -2.07. The van der Waals surface area contributed by atoms with E-state index in [1.807, 2.05) is 0 Å². The van der Waals surface area contributed by atoms with Crippen molar-refractivity contribution in [1.82, 2.24) is 4.98 Å². The van der Waals surface area contributed by atoms with Crippen LogP contribution in [0, 0.1) is 13.8 Å². The highest BCUT2D eigenvalue weighted by molar-refractivity contribution is 6.29. The van der Waals surface area contributed by atoms with Gasteiger partial charge in [-0.3, -0.25) is 4.79 Å². The first-order chi connectivity index (χ1) is 8.95. The zero-order chi connectivity index (χ0) is 14.0. The fourth-order valence-electron chi connectivity index (χ4n) is 1.70. The van der Waals surface area contributed by atoms with Gasteiger partial charge in [-0.1, -0.05) is 11.6 Å². The van der Waals surface area contributed by atoms with Crippen LogP contribution in [0.4, 0.5) is 5.69 Å². The Morgan fingerprint density at radius 3 is 2.63 bits per heavy atom. The van der Waals surface area contributed by atoms with Gasteiger partial charge in [0.15, 0.2) is 0 Å². The minimum atomic E-state index is -0.266. The first-order valence-electron chi connectivity index (χ1n) is 5.71. The second-order valence-corrected chi connectivity index (χ2v) is 4.66. The van der Waals surface area contributed by atoms with Crippen LogP contribution in [0.3, 0.4) is 0 Å². The van der Waals surface area contributed by atoms with Crippen LogP contribution in [-0.4, -0.2) is 16.0 Å². The lowest BCUT2D eigenvalue weighted by Gasteiger charge is -2.08. The average Bonchev–Trinajstić information content (AvgIpc) is 2.32. The number of phenolic OH excluding ortho intramolecular Hbond substituents is 1. The van der Waals surface area contributed by atoms with Crippen LogP contribution in [0.5, 0.6) is 5.75 Å². The summed E-state index contributed by atoms with van der Waals surface area (Å²) in [6, 6.07) is 8.04. The summed E-state index contributed by atoms with van der Waals surface area (Å²) >= 11 is 5.82. The maximum Gasteiger partial charge on any atom is 0.255 e. The van der Waals surface area contributed by atoms with E-state index in [-0.39, 0.29) is 16.8 Å². The highest BCUT2D eigenvalue weighted by Gasteiger charge is 2.09. The van der Waals surface area contributed by atoms with Crippen molar-refractivity contribution >= 4 is 23.2 Å². The number of phenols is 1. The molecule has 0 fully saturated rings. The number of aryl methyl sites for hydroxylation is 2. The van der Waals surface area contributed by atoms with Crippen LogP contribution in [-0.2, 0) is 0 Å². The van der Waals surface area contributed by atoms with Crippen molar-refractivity contribution < 1.29 is 9.90 Å². The van der Waals surface area contributed by atoms with Crippen LogP contribution < -0.4 is 5.32 Å². The smallest absolute Gasteiger partial charge is 0.255 e. The number of rotatable bonds is 2. The van der Waals surface area contributed by atoms with Gasteiger partial charge >= 0.3 is 0 Å². The minimum absolute atomic E-state index is 0.195. The molecule has 1 amide bonds. The van der Waals surface area contributed by atoms with Crippen molar-refractivity contribution in [1.29, 1.82) is 0 Å². The molecule has 0 aliphatic rings. The molecule has 0 spiro atoms. The maximum atomic E-state index is 12.1. The van der Waals surface area contributed by atoms with Gasteiger partial charge in [0.25, 0.3) is 5.91 Å². The lowest BCUT2D eigenvalue weighted by atomic mass is 10.2. The Labute approximate surface area is 116 Å². The number of amides is 1. The standard InChI is InChI=1S/C14H13ClN2O2/c1-8-5-11(3-4-12(8)18)17-14(19)10-6-9(2)16-13(15)7-10/h3-7,18H,1-2H3,(H,17,19). The number of benzene rings is 1. The molecular formula is C14H13ClN2O2. The van der Waals surface area contributed by atoms with Gasteiger partial charge in [0.1, 0.15) is 10.9 Å². The van der Waals surface area contributed by atoms with Gasteiger partial charge in [-0.05, 0) is 49.7 Å². The van der Waals surface area contributed by atoms with Crippen LogP contribution in [0.1, 0.15) is 21.6 Å². The number of nitrogens with zero attached hydrogens (tertiary/aromatic N) is 1. The first kappa shape index (κ1) is 13.4. The van der Waals surface area contributed by atoms with E-state index in [9.17, 15) is 9.90 Å². The molecule has 98 valence electrons. The van der Waals surface area contributed by atoms with Crippen molar-refractivity contribution in [3.8, 4) is 5.75 Å². The molecule has 0 bridgehead atoms. The molecule has 5 heteroatoms. The summed E-state index contributed by atoms with van der Waals surface area (Å²) in [5.41, 5.74) is 2.44. The average molecular weight is 277 g/mol. The van der Waals surface area contributed by atoms with Gasteiger partial charge in [0.2, 0.25) is 0 Å². The van der Waals surface area contributed by atoms with Gasteiger partial charge in [-0.2, -0.15) is 0 Å². The largest absolute Gasteiger partial charge is 0.508 e.